The molecule has 1 aromatic carbocycles. The third-order valence-corrected chi connectivity index (χ3v) is 4.12. The van der Waals surface area contributed by atoms with E-state index in [-0.39, 0.29) is 12.0 Å². The first kappa shape index (κ1) is 14.1. The Morgan fingerprint density at radius 1 is 1.26 bits per heavy atom. The van der Waals surface area contributed by atoms with Crippen molar-refractivity contribution >= 4 is 11.6 Å². The van der Waals surface area contributed by atoms with Crippen molar-refractivity contribution in [1.29, 1.82) is 0 Å². The molecule has 3 aromatic rings. The highest BCUT2D eigenvalue weighted by Crippen LogP contribution is 2.28. The summed E-state index contributed by atoms with van der Waals surface area (Å²) < 4.78 is 6.90. The lowest BCUT2D eigenvalue weighted by molar-refractivity contribution is -0.128. The van der Waals surface area contributed by atoms with E-state index in [0.29, 0.717) is 25.5 Å². The molecular formula is C16H17N5O2. The molecule has 2 aromatic heterocycles. The number of aliphatic hydroxyl groups excluding tert-OH is 1. The van der Waals surface area contributed by atoms with Crippen LogP contribution in [0.3, 0.4) is 0 Å². The minimum Gasteiger partial charge on any atom is -0.396 e. The minimum atomic E-state index is -0.219. The van der Waals surface area contributed by atoms with Crippen LogP contribution in [0.25, 0.3) is 17.0 Å². The Kier molecular flexibility index (Phi) is 3.44. The average molecular weight is 311 g/mol. The van der Waals surface area contributed by atoms with E-state index in [1.54, 1.807) is 4.52 Å². The number of hydrogen-bond acceptors (Lipinski definition) is 6. The molecule has 0 atom stereocenters. The quantitative estimate of drug-likeness (QED) is 0.737. The second kappa shape index (κ2) is 5.60. The van der Waals surface area contributed by atoms with Gasteiger partial charge in [0.25, 0.3) is 5.78 Å². The van der Waals surface area contributed by atoms with Crippen LogP contribution < -0.4 is 5.32 Å². The van der Waals surface area contributed by atoms with Crippen LogP contribution in [0.4, 0.5) is 5.82 Å². The van der Waals surface area contributed by atoms with Crippen LogP contribution in [0.15, 0.2) is 42.7 Å². The van der Waals surface area contributed by atoms with Gasteiger partial charge in [-0.2, -0.15) is 14.6 Å². The van der Waals surface area contributed by atoms with Gasteiger partial charge in [-0.05, 0) is 0 Å². The van der Waals surface area contributed by atoms with E-state index < -0.39 is 0 Å². The van der Waals surface area contributed by atoms with Gasteiger partial charge in [0.05, 0.1) is 30.9 Å². The van der Waals surface area contributed by atoms with Crippen molar-refractivity contribution in [2.75, 3.05) is 31.7 Å². The number of fused-ring (bicyclic) bond motifs is 1. The standard InChI is InChI=1S/C16H17N5O2/c22-8-16(9-23-10-16)7-17-14-6-13(12-4-2-1-3-5-12)20-15-18-11-19-21(14)15/h1-6,11,17,22H,7-10H2. The van der Waals surface area contributed by atoms with Crippen molar-refractivity contribution in [2.45, 2.75) is 0 Å². The number of ether oxygens (including phenoxy) is 1. The van der Waals surface area contributed by atoms with Crippen LogP contribution in [-0.4, -0.2) is 51.1 Å². The number of hydrogen-bond donors (Lipinski definition) is 2. The van der Waals surface area contributed by atoms with Crippen molar-refractivity contribution in [3.05, 3.63) is 42.7 Å². The van der Waals surface area contributed by atoms with Crippen molar-refractivity contribution in [2.24, 2.45) is 5.41 Å². The lowest BCUT2D eigenvalue weighted by Crippen LogP contribution is -2.50. The van der Waals surface area contributed by atoms with Gasteiger partial charge in [0.1, 0.15) is 12.1 Å². The number of aliphatic hydroxyl groups is 1. The predicted molar refractivity (Wildman–Crippen MR) is 85.0 cm³/mol. The Morgan fingerprint density at radius 2 is 2.09 bits per heavy atom. The molecule has 1 fully saturated rings. The van der Waals surface area contributed by atoms with Crippen molar-refractivity contribution in [1.82, 2.24) is 19.6 Å². The van der Waals surface area contributed by atoms with E-state index in [1.807, 2.05) is 36.4 Å². The number of benzene rings is 1. The van der Waals surface area contributed by atoms with Gasteiger partial charge in [0, 0.05) is 18.2 Å². The van der Waals surface area contributed by atoms with Crippen molar-refractivity contribution in [3.63, 3.8) is 0 Å². The summed E-state index contributed by atoms with van der Waals surface area (Å²) in [4.78, 5) is 8.73. The van der Waals surface area contributed by atoms with Gasteiger partial charge in [-0.15, -0.1) is 0 Å². The molecule has 7 heteroatoms. The second-order valence-electron chi connectivity index (χ2n) is 5.87. The summed E-state index contributed by atoms with van der Waals surface area (Å²) >= 11 is 0. The Morgan fingerprint density at radius 3 is 2.78 bits per heavy atom. The molecule has 0 spiro atoms. The summed E-state index contributed by atoms with van der Waals surface area (Å²) in [6.45, 7) is 1.83. The first-order chi connectivity index (χ1) is 11.3. The molecule has 0 radical (unpaired) electrons. The Labute approximate surface area is 133 Å². The van der Waals surface area contributed by atoms with Gasteiger partial charge in [-0.25, -0.2) is 4.98 Å². The second-order valence-corrected chi connectivity index (χ2v) is 5.87. The van der Waals surface area contributed by atoms with Gasteiger partial charge in [0.15, 0.2) is 0 Å². The molecule has 4 rings (SSSR count). The van der Waals surface area contributed by atoms with Gasteiger partial charge >= 0.3 is 0 Å². The molecule has 23 heavy (non-hydrogen) atoms. The van der Waals surface area contributed by atoms with Crippen LogP contribution >= 0.6 is 0 Å². The number of anilines is 1. The van der Waals surface area contributed by atoms with Gasteiger partial charge in [-0.1, -0.05) is 30.3 Å². The first-order valence-corrected chi connectivity index (χ1v) is 7.48. The molecule has 3 heterocycles. The number of rotatable bonds is 5. The molecule has 0 bridgehead atoms. The summed E-state index contributed by atoms with van der Waals surface area (Å²) in [6, 6.07) is 11.9. The van der Waals surface area contributed by atoms with Crippen molar-refractivity contribution < 1.29 is 9.84 Å². The Balaban J connectivity index is 1.69. The van der Waals surface area contributed by atoms with Crippen LogP contribution in [-0.2, 0) is 4.74 Å². The van der Waals surface area contributed by atoms with E-state index >= 15 is 0 Å². The maximum Gasteiger partial charge on any atom is 0.254 e. The van der Waals surface area contributed by atoms with Gasteiger partial charge < -0.3 is 15.2 Å². The van der Waals surface area contributed by atoms with Gasteiger partial charge in [0.2, 0.25) is 0 Å². The topological polar surface area (TPSA) is 84.6 Å². The van der Waals surface area contributed by atoms with Crippen LogP contribution in [0, 0.1) is 5.41 Å². The highest BCUT2D eigenvalue weighted by Gasteiger charge is 2.38. The predicted octanol–water partition coefficient (Wildman–Crippen LogP) is 1.21. The zero-order chi connectivity index (χ0) is 15.7. The normalized spacial score (nSPS) is 16.2. The summed E-state index contributed by atoms with van der Waals surface area (Å²) in [6.07, 6.45) is 1.48. The zero-order valence-corrected chi connectivity index (χ0v) is 12.5. The molecule has 118 valence electrons. The van der Waals surface area contributed by atoms with E-state index in [0.717, 1.165) is 17.1 Å². The highest BCUT2D eigenvalue weighted by molar-refractivity contribution is 5.65. The zero-order valence-electron chi connectivity index (χ0n) is 12.5. The smallest absolute Gasteiger partial charge is 0.254 e. The fraction of sp³-hybridized carbons (Fsp3) is 0.312. The number of nitrogens with one attached hydrogen (secondary N) is 1. The SMILES string of the molecule is OCC1(CNc2cc(-c3ccccc3)nc3ncnn23)COC1. The minimum absolute atomic E-state index is 0.0944. The third kappa shape index (κ3) is 2.54. The molecule has 0 saturated carbocycles. The van der Waals surface area contributed by atoms with E-state index in [1.165, 1.54) is 6.33 Å². The molecule has 0 aliphatic carbocycles. The molecule has 1 aliphatic rings. The van der Waals surface area contributed by atoms with E-state index in [9.17, 15) is 5.11 Å². The van der Waals surface area contributed by atoms with Crippen LogP contribution in [0.2, 0.25) is 0 Å². The lowest BCUT2D eigenvalue weighted by Gasteiger charge is -2.40. The fourth-order valence-electron chi connectivity index (χ4n) is 2.61. The van der Waals surface area contributed by atoms with E-state index in [4.69, 9.17) is 4.74 Å². The summed E-state index contributed by atoms with van der Waals surface area (Å²) in [7, 11) is 0. The molecule has 1 aliphatic heterocycles. The molecule has 7 nitrogen and oxygen atoms in total. The largest absolute Gasteiger partial charge is 0.396 e. The Hall–Kier alpha value is -2.51. The van der Waals surface area contributed by atoms with Gasteiger partial charge in [-0.3, -0.25) is 0 Å². The molecule has 1 saturated heterocycles. The fourth-order valence-corrected chi connectivity index (χ4v) is 2.61. The van der Waals surface area contributed by atoms with Crippen molar-refractivity contribution in [3.8, 4) is 11.3 Å². The molecule has 0 amide bonds. The maximum atomic E-state index is 9.55. The van der Waals surface area contributed by atoms with E-state index in [2.05, 4.69) is 20.4 Å². The maximum absolute atomic E-state index is 9.55. The molecule has 0 unspecified atom stereocenters. The Bertz CT molecular complexity index is 808. The highest BCUT2D eigenvalue weighted by atomic mass is 16.5. The first-order valence-electron chi connectivity index (χ1n) is 7.48. The summed E-state index contributed by atoms with van der Waals surface area (Å²) in [5, 5.41) is 17.1. The van der Waals surface area contributed by atoms with Crippen LogP contribution in [0.5, 0.6) is 0 Å². The molecule has 2 N–H and O–H groups in total. The number of aromatic nitrogens is 4. The number of nitrogens with zero attached hydrogens (tertiary/aromatic N) is 4. The monoisotopic (exact) mass is 311 g/mol. The lowest BCUT2D eigenvalue weighted by atomic mass is 9.87. The summed E-state index contributed by atoms with van der Waals surface area (Å²) in [5.41, 5.74) is 1.63. The average Bonchev–Trinajstić information content (AvgIpc) is 3.03. The summed E-state index contributed by atoms with van der Waals surface area (Å²) in [5.74, 6) is 1.34. The third-order valence-electron chi connectivity index (χ3n) is 4.12. The molecular weight excluding hydrogens is 294 g/mol. The van der Waals surface area contributed by atoms with Crippen LogP contribution in [0.1, 0.15) is 0 Å².